The molecule has 1 rings (SSSR count). The fraction of sp³-hybridized carbons (Fsp3) is 0.800. The summed E-state index contributed by atoms with van der Waals surface area (Å²) in [6.07, 6.45) is -0.171. The SMILES string of the molecule is CCC(C(=O)O)N1CCOC(C(=O)OC)C1. The van der Waals surface area contributed by atoms with Gasteiger partial charge in [-0.1, -0.05) is 6.92 Å². The van der Waals surface area contributed by atoms with Crippen LogP contribution in [0, 0.1) is 0 Å². The van der Waals surface area contributed by atoms with E-state index in [1.807, 2.05) is 0 Å². The van der Waals surface area contributed by atoms with E-state index in [0.717, 1.165) is 0 Å². The maximum Gasteiger partial charge on any atom is 0.336 e. The molecule has 0 saturated carbocycles. The highest BCUT2D eigenvalue weighted by atomic mass is 16.6. The quantitative estimate of drug-likeness (QED) is 0.671. The molecule has 0 bridgehead atoms. The molecule has 0 aromatic carbocycles. The van der Waals surface area contributed by atoms with E-state index in [2.05, 4.69) is 4.74 Å². The van der Waals surface area contributed by atoms with Crippen LogP contribution >= 0.6 is 0 Å². The molecular formula is C10H17NO5. The number of hydrogen-bond donors (Lipinski definition) is 1. The minimum Gasteiger partial charge on any atom is -0.480 e. The van der Waals surface area contributed by atoms with E-state index in [4.69, 9.17) is 9.84 Å². The summed E-state index contributed by atoms with van der Waals surface area (Å²) in [6.45, 7) is 2.96. The number of hydrogen-bond acceptors (Lipinski definition) is 5. The average Bonchev–Trinajstić information content (AvgIpc) is 2.29. The molecule has 0 aromatic rings. The first-order valence-electron chi connectivity index (χ1n) is 5.26. The zero-order valence-electron chi connectivity index (χ0n) is 9.51. The van der Waals surface area contributed by atoms with Crippen LogP contribution in [0.1, 0.15) is 13.3 Å². The molecule has 1 aliphatic heterocycles. The van der Waals surface area contributed by atoms with Crippen LogP contribution < -0.4 is 0 Å². The number of esters is 1. The molecule has 1 aliphatic rings. The lowest BCUT2D eigenvalue weighted by molar-refractivity contribution is -0.164. The molecule has 0 spiro atoms. The zero-order chi connectivity index (χ0) is 12.1. The Morgan fingerprint density at radius 3 is 2.81 bits per heavy atom. The Hall–Kier alpha value is -1.14. The largest absolute Gasteiger partial charge is 0.480 e. The van der Waals surface area contributed by atoms with Crippen LogP contribution in [0.2, 0.25) is 0 Å². The fourth-order valence-corrected chi connectivity index (χ4v) is 1.82. The summed E-state index contributed by atoms with van der Waals surface area (Å²) in [5.41, 5.74) is 0. The van der Waals surface area contributed by atoms with Crippen LogP contribution in [0.15, 0.2) is 0 Å². The molecule has 6 heteroatoms. The number of rotatable bonds is 4. The molecule has 0 amide bonds. The molecule has 2 unspecified atom stereocenters. The van der Waals surface area contributed by atoms with Crippen molar-refractivity contribution in [3.8, 4) is 0 Å². The predicted molar refractivity (Wildman–Crippen MR) is 55.0 cm³/mol. The number of carbonyl (C=O) groups excluding carboxylic acids is 1. The lowest BCUT2D eigenvalue weighted by Gasteiger charge is -2.34. The Balaban J connectivity index is 2.62. The molecular weight excluding hydrogens is 214 g/mol. The summed E-state index contributed by atoms with van der Waals surface area (Å²) >= 11 is 0. The van der Waals surface area contributed by atoms with Gasteiger partial charge in [0, 0.05) is 13.1 Å². The van der Waals surface area contributed by atoms with Gasteiger partial charge in [0.2, 0.25) is 0 Å². The Labute approximate surface area is 94.1 Å². The standard InChI is InChI=1S/C10H17NO5/c1-3-7(9(12)13)11-4-5-16-8(6-11)10(14)15-2/h7-8H,3-6H2,1-2H3,(H,12,13). The molecule has 6 nitrogen and oxygen atoms in total. The highest BCUT2D eigenvalue weighted by Crippen LogP contribution is 2.12. The maximum atomic E-state index is 11.3. The topological polar surface area (TPSA) is 76.1 Å². The Bertz CT molecular complexity index is 268. The van der Waals surface area contributed by atoms with E-state index in [9.17, 15) is 9.59 Å². The Kier molecular flexibility index (Phi) is 4.70. The number of ether oxygens (including phenoxy) is 2. The van der Waals surface area contributed by atoms with Crippen LogP contribution in [0.4, 0.5) is 0 Å². The fourth-order valence-electron chi connectivity index (χ4n) is 1.82. The van der Waals surface area contributed by atoms with Gasteiger partial charge in [0.05, 0.1) is 13.7 Å². The van der Waals surface area contributed by atoms with E-state index in [1.165, 1.54) is 7.11 Å². The lowest BCUT2D eigenvalue weighted by Crippen LogP contribution is -2.52. The monoisotopic (exact) mass is 231 g/mol. The van der Waals surface area contributed by atoms with Crippen molar-refractivity contribution in [2.75, 3.05) is 26.8 Å². The molecule has 0 aliphatic carbocycles. The first-order chi connectivity index (χ1) is 7.60. The normalized spacial score (nSPS) is 23.8. The van der Waals surface area contributed by atoms with Gasteiger partial charge in [-0.2, -0.15) is 0 Å². The minimum absolute atomic E-state index is 0.275. The summed E-state index contributed by atoms with van der Waals surface area (Å²) in [5, 5.41) is 9.01. The van der Waals surface area contributed by atoms with Crippen molar-refractivity contribution in [1.29, 1.82) is 0 Å². The van der Waals surface area contributed by atoms with Gasteiger partial charge in [0.15, 0.2) is 6.10 Å². The van der Waals surface area contributed by atoms with Crippen molar-refractivity contribution in [2.45, 2.75) is 25.5 Å². The second kappa shape index (κ2) is 5.81. The van der Waals surface area contributed by atoms with Gasteiger partial charge < -0.3 is 14.6 Å². The van der Waals surface area contributed by atoms with E-state index < -0.39 is 24.1 Å². The van der Waals surface area contributed by atoms with Gasteiger partial charge in [-0.3, -0.25) is 9.69 Å². The van der Waals surface area contributed by atoms with E-state index >= 15 is 0 Å². The molecule has 92 valence electrons. The van der Waals surface area contributed by atoms with Crippen LogP contribution in [0.3, 0.4) is 0 Å². The number of aliphatic carboxylic acids is 1. The van der Waals surface area contributed by atoms with Crippen molar-refractivity contribution >= 4 is 11.9 Å². The second-order valence-electron chi connectivity index (χ2n) is 3.64. The third-order valence-electron chi connectivity index (χ3n) is 2.67. The van der Waals surface area contributed by atoms with Crippen molar-refractivity contribution < 1.29 is 24.2 Å². The molecule has 1 fully saturated rings. The van der Waals surface area contributed by atoms with Crippen LogP contribution in [0.5, 0.6) is 0 Å². The van der Waals surface area contributed by atoms with E-state index in [0.29, 0.717) is 19.6 Å². The summed E-state index contributed by atoms with van der Waals surface area (Å²) < 4.78 is 9.80. The van der Waals surface area contributed by atoms with Gasteiger partial charge >= 0.3 is 11.9 Å². The van der Waals surface area contributed by atoms with Crippen LogP contribution in [0.25, 0.3) is 0 Å². The summed E-state index contributed by atoms with van der Waals surface area (Å²) in [7, 11) is 1.29. The first-order valence-corrected chi connectivity index (χ1v) is 5.26. The molecule has 1 N–H and O–H groups in total. The second-order valence-corrected chi connectivity index (χ2v) is 3.64. The predicted octanol–water partition coefficient (Wildman–Crippen LogP) is -0.277. The van der Waals surface area contributed by atoms with Crippen molar-refractivity contribution in [3.63, 3.8) is 0 Å². The smallest absolute Gasteiger partial charge is 0.336 e. The minimum atomic E-state index is -0.868. The average molecular weight is 231 g/mol. The van der Waals surface area contributed by atoms with Crippen LogP contribution in [-0.4, -0.2) is 60.9 Å². The van der Waals surface area contributed by atoms with Crippen molar-refractivity contribution in [1.82, 2.24) is 4.90 Å². The number of nitrogens with zero attached hydrogens (tertiary/aromatic N) is 1. The third kappa shape index (κ3) is 2.93. The number of carbonyl (C=O) groups is 2. The number of methoxy groups -OCH3 is 1. The summed E-state index contributed by atoms with van der Waals surface area (Å²) in [5.74, 6) is -1.32. The molecule has 0 radical (unpaired) electrons. The molecule has 16 heavy (non-hydrogen) atoms. The lowest BCUT2D eigenvalue weighted by atomic mass is 10.1. The Morgan fingerprint density at radius 1 is 1.62 bits per heavy atom. The molecule has 1 heterocycles. The molecule has 2 atom stereocenters. The number of carboxylic acid groups (broad SMARTS) is 1. The highest BCUT2D eigenvalue weighted by molar-refractivity contribution is 5.76. The van der Waals surface area contributed by atoms with Gasteiger partial charge in [-0.15, -0.1) is 0 Å². The number of carboxylic acids is 1. The van der Waals surface area contributed by atoms with Gasteiger partial charge in [0.1, 0.15) is 6.04 Å². The van der Waals surface area contributed by atoms with E-state index in [1.54, 1.807) is 11.8 Å². The summed E-state index contributed by atoms with van der Waals surface area (Å²) in [4.78, 5) is 24.0. The van der Waals surface area contributed by atoms with Gasteiger partial charge in [-0.05, 0) is 6.42 Å². The third-order valence-corrected chi connectivity index (χ3v) is 2.67. The first kappa shape index (κ1) is 12.9. The molecule has 1 saturated heterocycles. The van der Waals surface area contributed by atoms with Gasteiger partial charge in [-0.25, -0.2) is 4.79 Å². The maximum absolute atomic E-state index is 11.3. The highest BCUT2D eigenvalue weighted by Gasteiger charge is 2.33. The van der Waals surface area contributed by atoms with Gasteiger partial charge in [0.25, 0.3) is 0 Å². The van der Waals surface area contributed by atoms with Crippen molar-refractivity contribution in [2.24, 2.45) is 0 Å². The zero-order valence-corrected chi connectivity index (χ0v) is 9.51. The molecule has 0 aromatic heterocycles. The summed E-state index contributed by atoms with van der Waals surface area (Å²) in [6, 6.07) is -0.559. The van der Waals surface area contributed by atoms with E-state index in [-0.39, 0.29) is 6.54 Å². The van der Waals surface area contributed by atoms with Crippen molar-refractivity contribution in [3.05, 3.63) is 0 Å². The Morgan fingerprint density at radius 2 is 2.31 bits per heavy atom. The number of morpholine rings is 1. The van der Waals surface area contributed by atoms with Crippen LogP contribution in [-0.2, 0) is 19.1 Å².